The van der Waals surface area contributed by atoms with Crippen LogP contribution in [0.4, 0.5) is 4.39 Å². The van der Waals surface area contributed by atoms with Gasteiger partial charge in [-0.15, -0.1) is 10.2 Å². The molecule has 7 nitrogen and oxygen atoms in total. The predicted octanol–water partition coefficient (Wildman–Crippen LogP) is 3.00. The lowest BCUT2D eigenvalue weighted by atomic mass is 9.98. The van der Waals surface area contributed by atoms with Gasteiger partial charge in [-0.05, 0) is 38.0 Å². The zero-order valence-corrected chi connectivity index (χ0v) is 20.1. The van der Waals surface area contributed by atoms with Crippen LogP contribution in [0, 0.1) is 5.82 Å². The maximum absolute atomic E-state index is 14.6. The number of halogens is 1. The minimum atomic E-state index is -3.47. The third kappa shape index (κ3) is 3.98. The standard InChI is InChI=1S/C23H25FN4O3S2/c1-22(14-29)12-20-26-27-21(28(20)9-10-32-22)23(7-8-23)19-6-3-15(13-25-19)17-5-4-16(11-18(17)24)33(2,30)31/h3-6,11,13,29H,7-10,12,14H2,1-2H3/t22-/m0/s1. The van der Waals surface area contributed by atoms with Crippen molar-refractivity contribution in [1.29, 1.82) is 0 Å². The summed E-state index contributed by atoms with van der Waals surface area (Å²) in [4.78, 5) is 4.62. The molecule has 10 heteroatoms. The molecule has 1 aromatic carbocycles. The first-order chi connectivity index (χ1) is 15.7. The SMILES string of the molecule is C[C@@]1(CO)Cc2nnc(C3(c4ccc(-c5ccc(S(C)(=O)=O)cc5F)cn4)CC3)n2CCS1. The Labute approximate surface area is 196 Å². The highest BCUT2D eigenvalue weighted by atomic mass is 32.2. The number of aliphatic hydroxyl groups excluding tert-OH is 1. The van der Waals surface area contributed by atoms with E-state index in [0.29, 0.717) is 17.5 Å². The zero-order valence-electron chi connectivity index (χ0n) is 18.5. The highest BCUT2D eigenvalue weighted by Crippen LogP contribution is 2.52. The number of hydrogen-bond donors (Lipinski definition) is 1. The quantitative estimate of drug-likeness (QED) is 0.590. The molecule has 0 unspecified atom stereocenters. The molecule has 174 valence electrons. The van der Waals surface area contributed by atoms with Gasteiger partial charge in [-0.2, -0.15) is 11.8 Å². The average Bonchev–Trinajstić information content (AvgIpc) is 3.53. The van der Waals surface area contributed by atoms with Crippen molar-refractivity contribution in [2.75, 3.05) is 18.6 Å². The maximum Gasteiger partial charge on any atom is 0.175 e. The minimum absolute atomic E-state index is 0.0479. The summed E-state index contributed by atoms with van der Waals surface area (Å²) in [6, 6.07) is 7.65. The van der Waals surface area contributed by atoms with Gasteiger partial charge in [0.05, 0.1) is 22.6 Å². The van der Waals surface area contributed by atoms with Gasteiger partial charge in [-0.1, -0.05) is 12.1 Å². The molecule has 2 aliphatic rings. The van der Waals surface area contributed by atoms with Gasteiger partial charge >= 0.3 is 0 Å². The molecule has 3 heterocycles. The summed E-state index contributed by atoms with van der Waals surface area (Å²) in [5.74, 6) is 2.08. The van der Waals surface area contributed by atoms with Gasteiger partial charge in [0.2, 0.25) is 0 Å². The number of benzene rings is 1. The van der Waals surface area contributed by atoms with Crippen LogP contribution in [0.25, 0.3) is 11.1 Å². The Morgan fingerprint density at radius 1 is 1.21 bits per heavy atom. The Morgan fingerprint density at radius 3 is 2.61 bits per heavy atom. The molecule has 1 saturated carbocycles. The number of hydrogen-bond acceptors (Lipinski definition) is 7. The fourth-order valence-electron chi connectivity index (χ4n) is 4.44. The van der Waals surface area contributed by atoms with E-state index < -0.39 is 15.7 Å². The van der Waals surface area contributed by atoms with Gasteiger partial charge < -0.3 is 9.67 Å². The number of aliphatic hydroxyl groups is 1. The molecule has 0 amide bonds. The Bertz CT molecular complexity index is 1320. The second kappa shape index (κ2) is 7.89. The summed E-state index contributed by atoms with van der Waals surface area (Å²) >= 11 is 1.76. The monoisotopic (exact) mass is 488 g/mol. The number of thioether (sulfide) groups is 1. The lowest BCUT2D eigenvalue weighted by molar-refractivity contribution is 0.254. The lowest BCUT2D eigenvalue weighted by Crippen LogP contribution is -2.28. The van der Waals surface area contributed by atoms with Crippen LogP contribution in [0.1, 0.15) is 37.1 Å². The molecule has 1 aliphatic heterocycles. The number of fused-ring (bicyclic) bond motifs is 1. The van der Waals surface area contributed by atoms with Crippen LogP contribution < -0.4 is 0 Å². The highest BCUT2D eigenvalue weighted by molar-refractivity contribution is 8.00. The molecular formula is C23H25FN4O3S2. The minimum Gasteiger partial charge on any atom is -0.395 e. The summed E-state index contributed by atoms with van der Waals surface area (Å²) < 4.78 is 39.9. The molecule has 1 aliphatic carbocycles. The van der Waals surface area contributed by atoms with Crippen molar-refractivity contribution in [3.05, 3.63) is 59.7 Å². The number of sulfone groups is 1. The molecule has 0 saturated heterocycles. The van der Waals surface area contributed by atoms with Crippen molar-refractivity contribution in [3.8, 4) is 11.1 Å². The molecule has 33 heavy (non-hydrogen) atoms. The van der Waals surface area contributed by atoms with E-state index in [1.54, 1.807) is 18.0 Å². The van der Waals surface area contributed by atoms with E-state index in [9.17, 15) is 17.9 Å². The molecule has 1 fully saturated rings. The van der Waals surface area contributed by atoms with Crippen LogP contribution >= 0.6 is 11.8 Å². The summed E-state index contributed by atoms with van der Waals surface area (Å²) in [5, 5.41) is 18.8. The molecular weight excluding hydrogens is 463 g/mol. The van der Waals surface area contributed by atoms with Crippen molar-refractivity contribution in [1.82, 2.24) is 19.7 Å². The number of pyridine rings is 1. The summed E-state index contributed by atoms with van der Waals surface area (Å²) in [5.41, 5.74) is 1.47. The van der Waals surface area contributed by atoms with E-state index in [2.05, 4.69) is 26.7 Å². The number of aromatic nitrogens is 4. The molecule has 0 bridgehead atoms. The highest BCUT2D eigenvalue weighted by Gasteiger charge is 2.52. The third-order valence-electron chi connectivity index (χ3n) is 6.57. The summed E-state index contributed by atoms with van der Waals surface area (Å²) in [7, 11) is -3.47. The normalized spacial score (nSPS) is 21.9. The van der Waals surface area contributed by atoms with Crippen LogP contribution in [0.5, 0.6) is 0 Å². The first-order valence-corrected chi connectivity index (χ1v) is 13.7. The van der Waals surface area contributed by atoms with Crippen molar-refractivity contribution >= 4 is 21.6 Å². The molecule has 0 radical (unpaired) electrons. The first-order valence-electron chi connectivity index (χ1n) is 10.8. The fraction of sp³-hybridized carbons (Fsp3) is 0.435. The number of nitrogens with zero attached hydrogens (tertiary/aromatic N) is 4. The van der Waals surface area contributed by atoms with E-state index >= 15 is 0 Å². The first kappa shape index (κ1) is 22.5. The van der Waals surface area contributed by atoms with E-state index in [-0.39, 0.29) is 21.7 Å². The Morgan fingerprint density at radius 2 is 2.00 bits per heavy atom. The van der Waals surface area contributed by atoms with Crippen LogP contribution in [0.15, 0.2) is 41.4 Å². The third-order valence-corrected chi connectivity index (χ3v) is 9.04. The van der Waals surface area contributed by atoms with Crippen LogP contribution in [-0.4, -0.2) is 56.6 Å². The van der Waals surface area contributed by atoms with Gasteiger partial charge in [-0.25, -0.2) is 12.8 Å². The second-order valence-electron chi connectivity index (χ2n) is 9.15. The zero-order chi connectivity index (χ0) is 23.4. The van der Waals surface area contributed by atoms with Crippen molar-refractivity contribution < 1.29 is 17.9 Å². The van der Waals surface area contributed by atoms with Crippen LogP contribution in [0.3, 0.4) is 0 Å². The van der Waals surface area contributed by atoms with Crippen molar-refractivity contribution in [3.63, 3.8) is 0 Å². The maximum atomic E-state index is 14.6. The largest absolute Gasteiger partial charge is 0.395 e. The topological polar surface area (TPSA) is 98.0 Å². The van der Waals surface area contributed by atoms with E-state index in [1.165, 1.54) is 12.1 Å². The van der Waals surface area contributed by atoms with E-state index in [4.69, 9.17) is 0 Å². The molecule has 0 spiro atoms. The van der Waals surface area contributed by atoms with Crippen LogP contribution in [0.2, 0.25) is 0 Å². The second-order valence-corrected chi connectivity index (χ2v) is 12.9. The molecule has 1 N–H and O–H groups in total. The van der Waals surface area contributed by atoms with E-state index in [0.717, 1.165) is 54.8 Å². The summed E-state index contributed by atoms with van der Waals surface area (Å²) in [6.45, 7) is 2.93. The van der Waals surface area contributed by atoms with Crippen molar-refractivity contribution in [2.45, 2.75) is 47.8 Å². The summed E-state index contributed by atoms with van der Waals surface area (Å²) in [6.07, 6.45) is 5.18. The van der Waals surface area contributed by atoms with Gasteiger partial charge in [-0.3, -0.25) is 4.98 Å². The van der Waals surface area contributed by atoms with Gasteiger partial charge in [0, 0.05) is 47.0 Å². The molecule has 1 atom stereocenters. The Hall–Kier alpha value is -2.30. The van der Waals surface area contributed by atoms with Gasteiger partial charge in [0.1, 0.15) is 17.5 Å². The fourth-order valence-corrected chi connectivity index (χ4v) is 6.16. The van der Waals surface area contributed by atoms with Gasteiger partial charge in [0.25, 0.3) is 0 Å². The smallest absolute Gasteiger partial charge is 0.175 e. The molecule has 2 aromatic heterocycles. The van der Waals surface area contributed by atoms with E-state index in [1.807, 2.05) is 12.1 Å². The average molecular weight is 489 g/mol. The molecule has 5 rings (SSSR count). The lowest BCUT2D eigenvalue weighted by Gasteiger charge is -2.23. The molecule has 3 aromatic rings. The van der Waals surface area contributed by atoms with Gasteiger partial charge in [0.15, 0.2) is 9.84 Å². The van der Waals surface area contributed by atoms with Crippen LogP contribution in [-0.2, 0) is 28.2 Å². The predicted molar refractivity (Wildman–Crippen MR) is 124 cm³/mol. The Balaban J connectivity index is 1.45. The number of rotatable bonds is 5. The van der Waals surface area contributed by atoms with Crippen molar-refractivity contribution in [2.24, 2.45) is 0 Å². The Kier molecular flexibility index (Phi) is 5.37.